The summed E-state index contributed by atoms with van der Waals surface area (Å²) in [4.78, 5) is 12.7. The average Bonchev–Trinajstić information content (AvgIpc) is 3.07. The smallest absolute Gasteiger partial charge is 0.251 e. The van der Waals surface area contributed by atoms with E-state index in [1.54, 1.807) is 6.07 Å². The van der Waals surface area contributed by atoms with Crippen molar-refractivity contribution in [3.05, 3.63) is 54.1 Å². The van der Waals surface area contributed by atoms with Crippen molar-refractivity contribution in [2.75, 3.05) is 6.54 Å². The lowest BCUT2D eigenvalue weighted by Gasteiger charge is -2.24. The number of nitrogens with two attached hydrogens (primary N) is 1. The van der Waals surface area contributed by atoms with Gasteiger partial charge in [0.2, 0.25) is 0 Å². The molecule has 0 heterocycles. The normalized spacial score (nSPS) is 15.8. The van der Waals surface area contributed by atoms with E-state index in [1.165, 1.54) is 0 Å². The lowest BCUT2D eigenvalue weighted by Crippen LogP contribution is -2.48. The summed E-state index contributed by atoms with van der Waals surface area (Å²) < 4.78 is 5.69. The molecule has 0 unspecified atom stereocenters. The molecule has 137 valence electrons. The molecule has 2 aromatic rings. The van der Waals surface area contributed by atoms with Crippen LogP contribution in [0.3, 0.4) is 0 Å². The number of rotatable bonds is 6. The van der Waals surface area contributed by atoms with Crippen molar-refractivity contribution in [3.8, 4) is 16.9 Å². The Balaban J connectivity index is 1.76. The molecule has 0 atom stereocenters. The Hall–Kier alpha value is -2.33. The highest BCUT2D eigenvalue weighted by Gasteiger charge is 2.29. The zero-order chi connectivity index (χ0) is 18.6. The molecule has 3 rings (SSSR count). The Labute approximate surface area is 155 Å². The third kappa shape index (κ3) is 4.44. The maximum atomic E-state index is 12.7. The summed E-state index contributed by atoms with van der Waals surface area (Å²) in [5.41, 5.74) is 8.57. The summed E-state index contributed by atoms with van der Waals surface area (Å²) >= 11 is 0. The molecule has 1 aliphatic rings. The Bertz CT molecular complexity index is 747. The topological polar surface area (TPSA) is 64.3 Å². The van der Waals surface area contributed by atoms with Gasteiger partial charge >= 0.3 is 0 Å². The van der Waals surface area contributed by atoms with Gasteiger partial charge in [-0.25, -0.2) is 0 Å². The van der Waals surface area contributed by atoms with Crippen LogP contribution in [0.1, 0.15) is 49.9 Å². The van der Waals surface area contributed by atoms with Crippen LogP contribution in [0.2, 0.25) is 0 Å². The first-order valence-corrected chi connectivity index (χ1v) is 9.31. The Morgan fingerprint density at radius 1 is 1.23 bits per heavy atom. The number of hydrogen-bond acceptors (Lipinski definition) is 3. The van der Waals surface area contributed by atoms with Crippen molar-refractivity contribution in [2.45, 2.75) is 51.2 Å². The number of amides is 1. The first-order valence-electron chi connectivity index (χ1n) is 9.31. The minimum atomic E-state index is -0.260. The summed E-state index contributed by atoms with van der Waals surface area (Å²) in [6, 6.07) is 16.3. The standard InChI is InChI=1S/C22H27N2O2/c1-16(2)26-18-11-9-17(10-12-18)19-7-3-4-8-20(19)21(25)24-15-22(23)13-5-6-14-22/h3,7-12,16H,5-6,13-15,23H2,1-2H3,(H,24,25). The van der Waals surface area contributed by atoms with Crippen LogP contribution in [0, 0.1) is 6.07 Å². The summed E-state index contributed by atoms with van der Waals surface area (Å²) in [7, 11) is 0. The van der Waals surface area contributed by atoms with E-state index < -0.39 is 0 Å². The molecule has 26 heavy (non-hydrogen) atoms. The van der Waals surface area contributed by atoms with Crippen LogP contribution in [0.5, 0.6) is 5.75 Å². The quantitative estimate of drug-likeness (QED) is 0.828. The van der Waals surface area contributed by atoms with E-state index in [1.807, 2.05) is 50.2 Å². The first kappa shape index (κ1) is 18.5. The molecule has 0 spiro atoms. The predicted molar refractivity (Wildman–Crippen MR) is 104 cm³/mol. The zero-order valence-electron chi connectivity index (χ0n) is 15.5. The van der Waals surface area contributed by atoms with Crippen molar-refractivity contribution in [1.29, 1.82) is 0 Å². The molecule has 0 saturated heterocycles. The van der Waals surface area contributed by atoms with Gasteiger partial charge in [-0.2, -0.15) is 0 Å². The Morgan fingerprint density at radius 3 is 2.58 bits per heavy atom. The SMILES string of the molecule is CC(C)Oc1ccc(-c2cc[c]cc2C(=O)NCC2(N)CCCC2)cc1. The number of benzene rings is 2. The molecule has 0 aliphatic heterocycles. The highest BCUT2D eigenvalue weighted by atomic mass is 16.5. The van der Waals surface area contributed by atoms with Gasteiger partial charge in [-0.3, -0.25) is 4.79 Å². The fourth-order valence-corrected chi connectivity index (χ4v) is 3.46. The maximum absolute atomic E-state index is 12.7. The number of nitrogens with one attached hydrogen (secondary N) is 1. The van der Waals surface area contributed by atoms with Crippen molar-refractivity contribution < 1.29 is 9.53 Å². The third-order valence-corrected chi connectivity index (χ3v) is 4.85. The lowest BCUT2D eigenvalue weighted by molar-refractivity contribution is 0.0944. The second-order valence-electron chi connectivity index (χ2n) is 7.41. The molecular formula is C22H27N2O2. The molecule has 0 aromatic heterocycles. The Kier molecular flexibility index (Phi) is 5.62. The van der Waals surface area contributed by atoms with Gasteiger partial charge in [0.05, 0.1) is 6.10 Å². The second kappa shape index (κ2) is 7.92. The Morgan fingerprint density at radius 2 is 1.92 bits per heavy atom. The summed E-state index contributed by atoms with van der Waals surface area (Å²) in [5.74, 6) is 0.722. The van der Waals surface area contributed by atoms with Crippen LogP contribution in [0.15, 0.2) is 42.5 Å². The molecule has 1 amide bonds. The van der Waals surface area contributed by atoms with E-state index in [4.69, 9.17) is 10.5 Å². The van der Waals surface area contributed by atoms with Crippen LogP contribution in [-0.2, 0) is 0 Å². The van der Waals surface area contributed by atoms with Crippen LogP contribution in [0.25, 0.3) is 11.1 Å². The molecule has 4 heteroatoms. The molecule has 2 aromatic carbocycles. The molecule has 1 radical (unpaired) electrons. The average molecular weight is 351 g/mol. The third-order valence-electron chi connectivity index (χ3n) is 4.85. The molecule has 3 N–H and O–H groups in total. The van der Waals surface area contributed by atoms with Crippen LogP contribution in [-0.4, -0.2) is 24.1 Å². The molecule has 4 nitrogen and oxygen atoms in total. The molecule has 1 saturated carbocycles. The van der Waals surface area contributed by atoms with Crippen LogP contribution >= 0.6 is 0 Å². The van der Waals surface area contributed by atoms with Crippen molar-refractivity contribution in [3.63, 3.8) is 0 Å². The van der Waals surface area contributed by atoms with Gasteiger partial charge in [-0.1, -0.05) is 37.1 Å². The van der Waals surface area contributed by atoms with Gasteiger partial charge in [-0.05, 0) is 62.1 Å². The first-order chi connectivity index (χ1) is 12.5. The van der Waals surface area contributed by atoms with Gasteiger partial charge in [0.15, 0.2) is 0 Å². The minimum absolute atomic E-state index is 0.101. The van der Waals surface area contributed by atoms with E-state index in [0.29, 0.717) is 12.1 Å². The van der Waals surface area contributed by atoms with Gasteiger partial charge in [0.1, 0.15) is 5.75 Å². The van der Waals surface area contributed by atoms with Crippen molar-refractivity contribution in [2.24, 2.45) is 5.73 Å². The van der Waals surface area contributed by atoms with Crippen molar-refractivity contribution >= 4 is 5.91 Å². The monoisotopic (exact) mass is 351 g/mol. The van der Waals surface area contributed by atoms with Gasteiger partial charge in [-0.15, -0.1) is 0 Å². The predicted octanol–water partition coefficient (Wildman–Crippen LogP) is 3.94. The number of carbonyl (C=O) groups is 1. The van der Waals surface area contributed by atoms with E-state index in [-0.39, 0.29) is 17.6 Å². The second-order valence-corrected chi connectivity index (χ2v) is 7.41. The minimum Gasteiger partial charge on any atom is -0.491 e. The highest BCUT2D eigenvalue weighted by Crippen LogP contribution is 2.28. The van der Waals surface area contributed by atoms with E-state index in [9.17, 15) is 4.79 Å². The summed E-state index contributed by atoms with van der Waals surface area (Å²) in [6.45, 7) is 4.51. The molecule has 1 aliphatic carbocycles. The van der Waals surface area contributed by atoms with E-state index >= 15 is 0 Å². The zero-order valence-corrected chi connectivity index (χ0v) is 15.5. The molecular weight excluding hydrogens is 324 g/mol. The van der Waals surface area contributed by atoms with Crippen LogP contribution < -0.4 is 15.8 Å². The number of ether oxygens (including phenoxy) is 1. The summed E-state index contributed by atoms with van der Waals surface area (Å²) in [6.07, 6.45) is 4.35. The summed E-state index contributed by atoms with van der Waals surface area (Å²) in [5, 5.41) is 3.02. The van der Waals surface area contributed by atoms with Gasteiger partial charge in [0, 0.05) is 17.6 Å². The van der Waals surface area contributed by atoms with Crippen LogP contribution in [0.4, 0.5) is 0 Å². The molecule has 0 bridgehead atoms. The van der Waals surface area contributed by atoms with E-state index in [0.717, 1.165) is 42.6 Å². The fourth-order valence-electron chi connectivity index (χ4n) is 3.46. The number of carbonyl (C=O) groups excluding carboxylic acids is 1. The van der Waals surface area contributed by atoms with Crippen molar-refractivity contribution in [1.82, 2.24) is 5.32 Å². The maximum Gasteiger partial charge on any atom is 0.251 e. The lowest BCUT2D eigenvalue weighted by atomic mass is 9.97. The van der Waals surface area contributed by atoms with Gasteiger partial charge in [0.25, 0.3) is 5.91 Å². The largest absolute Gasteiger partial charge is 0.491 e. The molecule has 1 fully saturated rings. The van der Waals surface area contributed by atoms with Gasteiger partial charge < -0.3 is 15.8 Å². The van der Waals surface area contributed by atoms with E-state index in [2.05, 4.69) is 11.4 Å². The fraction of sp³-hybridized carbons (Fsp3) is 0.409. The highest BCUT2D eigenvalue weighted by molar-refractivity contribution is 6.00. The number of hydrogen-bond donors (Lipinski definition) is 2.